The fourth-order valence-electron chi connectivity index (χ4n) is 2.06. The highest BCUT2D eigenvalue weighted by molar-refractivity contribution is 4.84. The van der Waals surface area contributed by atoms with Crippen LogP contribution in [0.15, 0.2) is 0 Å². The molecule has 1 fully saturated rings. The highest BCUT2D eigenvalue weighted by Gasteiger charge is 2.29. The van der Waals surface area contributed by atoms with Gasteiger partial charge in [0.05, 0.1) is 0 Å². The third-order valence-electron chi connectivity index (χ3n) is 2.93. The van der Waals surface area contributed by atoms with Crippen LogP contribution in [0.25, 0.3) is 0 Å². The summed E-state index contributed by atoms with van der Waals surface area (Å²) in [4.78, 5) is 2.66. The molecule has 0 aromatic rings. The zero-order valence-corrected chi connectivity index (χ0v) is 8.14. The van der Waals surface area contributed by atoms with Crippen molar-refractivity contribution in [2.45, 2.75) is 58.5 Å². The van der Waals surface area contributed by atoms with Crippen molar-refractivity contribution in [2.24, 2.45) is 0 Å². The van der Waals surface area contributed by atoms with E-state index in [0.717, 1.165) is 12.1 Å². The number of hydrogen-bond donors (Lipinski definition) is 0. The summed E-state index contributed by atoms with van der Waals surface area (Å²) in [6.45, 7) is 8.29. The molecule has 1 aliphatic rings. The molecule has 0 aliphatic carbocycles. The van der Waals surface area contributed by atoms with Crippen LogP contribution >= 0.6 is 0 Å². The van der Waals surface area contributed by atoms with Crippen molar-refractivity contribution in [3.05, 3.63) is 0 Å². The lowest BCUT2D eigenvalue weighted by Gasteiger charge is -2.44. The lowest BCUT2D eigenvalue weighted by molar-refractivity contribution is 0.0424. The molecule has 1 nitrogen and oxygen atoms in total. The van der Waals surface area contributed by atoms with Gasteiger partial charge >= 0.3 is 0 Å². The van der Waals surface area contributed by atoms with Gasteiger partial charge in [-0.25, -0.2) is 0 Å². The maximum absolute atomic E-state index is 2.66. The zero-order chi connectivity index (χ0) is 8.27. The molecule has 1 aliphatic heterocycles. The van der Waals surface area contributed by atoms with Crippen LogP contribution in [-0.2, 0) is 0 Å². The smallest absolute Gasteiger partial charge is 0.0108 e. The summed E-state index contributed by atoms with van der Waals surface area (Å²) in [5, 5.41) is 0. The van der Waals surface area contributed by atoms with Crippen LogP contribution < -0.4 is 0 Å². The summed E-state index contributed by atoms with van der Waals surface area (Å²) >= 11 is 0. The Balaban J connectivity index is 2.24. The molecule has 0 saturated carbocycles. The lowest BCUT2D eigenvalue weighted by Crippen LogP contribution is -2.51. The molecule has 2 unspecified atom stereocenters. The second kappa shape index (κ2) is 4.10. The van der Waals surface area contributed by atoms with E-state index in [0.29, 0.717) is 0 Å². The molecule has 0 spiro atoms. The number of nitrogens with zero attached hydrogens (tertiary/aromatic N) is 1. The first-order chi connectivity index (χ1) is 5.29. The van der Waals surface area contributed by atoms with E-state index in [1.165, 1.54) is 32.2 Å². The minimum atomic E-state index is 0.832. The van der Waals surface area contributed by atoms with Crippen molar-refractivity contribution in [3.63, 3.8) is 0 Å². The standard InChI is InChI=1S/C10H21N/c1-4-6-9(3)11-8-7-10(11)5-2/h9-10H,4-8H2,1-3H3. The van der Waals surface area contributed by atoms with E-state index in [4.69, 9.17) is 0 Å². The molecule has 1 heterocycles. The Hall–Kier alpha value is -0.0400. The molecule has 1 saturated heterocycles. The summed E-state index contributed by atoms with van der Waals surface area (Å²) in [7, 11) is 0. The molecule has 1 heteroatoms. The summed E-state index contributed by atoms with van der Waals surface area (Å²) in [6, 6.07) is 1.75. The normalized spacial score (nSPS) is 28.1. The highest BCUT2D eigenvalue weighted by Crippen LogP contribution is 2.24. The Kier molecular flexibility index (Phi) is 3.38. The first-order valence-electron chi connectivity index (χ1n) is 5.05. The first kappa shape index (κ1) is 9.05. The lowest BCUT2D eigenvalue weighted by atomic mass is 9.96. The topological polar surface area (TPSA) is 3.24 Å². The van der Waals surface area contributed by atoms with Crippen molar-refractivity contribution in [3.8, 4) is 0 Å². The van der Waals surface area contributed by atoms with Crippen LogP contribution in [0.4, 0.5) is 0 Å². The van der Waals surface area contributed by atoms with Gasteiger partial charge in [0.1, 0.15) is 0 Å². The van der Waals surface area contributed by atoms with Gasteiger partial charge in [-0.2, -0.15) is 0 Å². The predicted octanol–water partition coefficient (Wildman–Crippen LogP) is 2.66. The second-order valence-corrected chi connectivity index (χ2v) is 3.73. The molecular formula is C10H21N. The largest absolute Gasteiger partial charge is 0.298 e. The van der Waals surface area contributed by atoms with Gasteiger partial charge in [-0.3, -0.25) is 4.90 Å². The van der Waals surface area contributed by atoms with Crippen LogP contribution in [0.1, 0.15) is 46.5 Å². The average Bonchev–Trinajstić information content (AvgIpc) is 1.86. The average molecular weight is 155 g/mol. The van der Waals surface area contributed by atoms with Crippen molar-refractivity contribution >= 4 is 0 Å². The fraction of sp³-hybridized carbons (Fsp3) is 1.00. The summed E-state index contributed by atoms with van der Waals surface area (Å²) in [5.41, 5.74) is 0. The molecule has 0 N–H and O–H groups in total. The van der Waals surface area contributed by atoms with Gasteiger partial charge < -0.3 is 0 Å². The monoisotopic (exact) mass is 155 g/mol. The number of likely N-dealkylation sites (tertiary alicyclic amines) is 1. The van der Waals surface area contributed by atoms with E-state index in [1.807, 2.05) is 0 Å². The molecule has 0 aromatic heterocycles. The Bertz CT molecular complexity index is 109. The second-order valence-electron chi connectivity index (χ2n) is 3.73. The van der Waals surface area contributed by atoms with Crippen LogP contribution in [0.2, 0.25) is 0 Å². The Morgan fingerprint density at radius 2 is 2.18 bits per heavy atom. The van der Waals surface area contributed by atoms with Crippen LogP contribution in [0, 0.1) is 0 Å². The van der Waals surface area contributed by atoms with Gasteiger partial charge in [0.25, 0.3) is 0 Å². The Morgan fingerprint density at radius 1 is 1.45 bits per heavy atom. The molecule has 0 bridgehead atoms. The third-order valence-corrected chi connectivity index (χ3v) is 2.93. The highest BCUT2D eigenvalue weighted by atomic mass is 15.2. The van der Waals surface area contributed by atoms with Gasteiger partial charge in [0.15, 0.2) is 0 Å². The quantitative estimate of drug-likeness (QED) is 0.603. The SMILES string of the molecule is CCCC(C)N1CCC1CC. The molecule has 11 heavy (non-hydrogen) atoms. The molecule has 0 aromatic carbocycles. The summed E-state index contributed by atoms with van der Waals surface area (Å²) in [5.74, 6) is 0. The van der Waals surface area contributed by atoms with Crippen LogP contribution in [0.3, 0.4) is 0 Å². The summed E-state index contributed by atoms with van der Waals surface area (Å²) < 4.78 is 0. The van der Waals surface area contributed by atoms with Crippen LogP contribution in [0.5, 0.6) is 0 Å². The van der Waals surface area contributed by atoms with Crippen molar-refractivity contribution in [1.29, 1.82) is 0 Å². The van der Waals surface area contributed by atoms with Crippen molar-refractivity contribution < 1.29 is 0 Å². The fourth-order valence-corrected chi connectivity index (χ4v) is 2.06. The van der Waals surface area contributed by atoms with Gasteiger partial charge in [-0.1, -0.05) is 20.3 Å². The van der Waals surface area contributed by atoms with Crippen molar-refractivity contribution in [1.82, 2.24) is 4.90 Å². The molecule has 2 atom stereocenters. The minimum Gasteiger partial charge on any atom is -0.298 e. The zero-order valence-electron chi connectivity index (χ0n) is 8.14. The third kappa shape index (κ3) is 1.96. The molecule has 1 rings (SSSR count). The van der Waals surface area contributed by atoms with E-state index >= 15 is 0 Å². The van der Waals surface area contributed by atoms with E-state index in [2.05, 4.69) is 25.7 Å². The van der Waals surface area contributed by atoms with Gasteiger partial charge in [0, 0.05) is 18.6 Å². The number of hydrogen-bond acceptors (Lipinski definition) is 1. The Labute approximate surface area is 70.8 Å². The van der Waals surface area contributed by atoms with Crippen molar-refractivity contribution in [2.75, 3.05) is 6.54 Å². The van der Waals surface area contributed by atoms with Crippen LogP contribution in [-0.4, -0.2) is 23.5 Å². The van der Waals surface area contributed by atoms with Gasteiger partial charge in [0.2, 0.25) is 0 Å². The molecule has 66 valence electrons. The van der Waals surface area contributed by atoms with E-state index in [-0.39, 0.29) is 0 Å². The maximum Gasteiger partial charge on any atom is 0.0108 e. The molecular weight excluding hydrogens is 134 g/mol. The predicted molar refractivity (Wildman–Crippen MR) is 49.8 cm³/mol. The summed E-state index contributed by atoms with van der Waals surface area (Å²) in [6.07, 6.45) is 5.48. The molecule has 0 amide bonds. The number of rotatable bonds is 4. The van der Waals surface area contributed by atoms with E-state index in [9.17, 15) is 0 Å². The van der Waals surface area contributed by atoms with Gasteiger partial charge in [-0.15, -0.1) is 0 Å². The Morgan fingerprint density at radius 3 is 2.55 bits per heavy atom. The van der Waals surface area contributed by atoms with E-state index in [1.54, 1.807) is 0 Å². The maximum atomic E-state index is 2.66. The molecule has 0 radical (unpaired) electrons. The van der Waals surface area contributed by atoms with E-state index < -0.39 is 0 Å². The first-order valence-corrected chi connectivity index (χ1v) is 5.05. The van der Waals surface area contributed by atoms with Gasteiger partial charge in [-0.05, 0) is 26.2 Å². The minimum absolute atomic E-state index is 0.832.